The fourth-order valence-electron chi connectivity index (χ4n) is 2.45. The fourth-order valence-corrected chi connectivity index (χ4v) is 2.45. The van der Waals surface area contributed by atoms with Crippen LogP contribution in [0.3, 0.4) is 0 Å². The van der Waals surface area contributed by atoms with Crippen LogP contribution < -0.4 is 26.3 Å². The average Bonchev–Trinajstić information content (AvgIpc) is 2.71. The maximum Gasteiger partial charge on any atom is 0.273 e. The highest BCUT2D eigenvalue weighted by molar-refractivity contribution is 6.35. The quantitative estimate of drug-likeness (QED) is 0.133. The number of nitrogen functional groups attached to an aromatic ring is 1. The van der Waals surface area contributed by atoms with Gasteiger partial charge in [0.15, 0.2) is 0 Å². The van der Waals surface area contributed by atoms with Crippen molar-refractivity contribution in [3.63, 3.8) is 0 Å². The van der Waals surface area contributed by atoms with E-state index in [4.69, 9.17) is 27.1 Å². The molecule has 0 aliphatic rings. The summed E-state index contributed by atoms with van der Waals surface area (Å²) in [5.74, 6) is 6.02. The largest absolute Gasteiger partial charge is 0.495 e. The molecule has 3 aromatic rings. The molecule has 0 aromatic carbocycles. The Morgan fingerprint density at radius 1 is 1.32 bits per heavy atom. The third kappa shape index (κ3) is 3.82. The maximum absolute atomic E-state index is 8.30. The van der Waals surface area contributed by atoms with E-state index >= 15 is 0 Å². The Morgan fingerprint density at radius 2 is 2.14 bits per heavy atom. The van der Waals surface area contributed by atoms with Gasteiger partial charge in [-0.15, -0.1) is 9.78 Å². The molecule has 142 valence electrons. The summed E-state index contributed by atoms with van der Waals surface area (Å²) in [6, 6.07) is 6.66. The van der Waals surface area contributed by atoms with Crippen molar-refractivity contribution in [3.8, 4) is 5.75 Å². The highest BCUT2D eigenvalue weighted by Crippen LogP contribution is 2.22. The van der Waals surface area contributed by atoms with Crippen molar-refractivity contribution in [3.05, 3.63) is 42.4 Å². The van der Waals surface area contributed by atoms with Gasteiger partial charge in [-0.3, -0.25) is 10.4 Å². The number of nitrogens with one attached hydrogen (secondary N) is 3. The zero-order valence-corrected chi connectivity index (χ0v) is 15.0. The zero-order valence-electron chi connectivity index (χ0n) is 15.0. The van der Waals surface area contributed by atoms with Crippen molar-refractivity contribution < 1.29 is 9.42 Å². The first-order valence-corrected chi connectivity index (χ1v) is 8.15. The van der Waals surface area contributed by atoms with Gasteiger partial charge in [0, 0.05) is 18.3 Å². The van der Waals surface area contributed by atoms with E-state index in [1.54, 1.807) is 43.8 Å². The van der Waals surface area contributed by atoms with Gasteiger partial charge >= 0.3 is 0 Å². The van der Waals surface area contributed by atoms with Crippen LogP contribution >= 0.6 is 0 Å². The summed E-state index contributed by atoms with van der Waals surface area (Å²) in [6.45, 7) is 0.121. The summed E-state index contributed by atoms with van der Waals surface area (Å²) in [5, 5.41) is 26.8. The monoisotopic (exact) mass is 379 g/mol. The van der Waals surface area contributed by atoms with Crippen molar-refractivity contribution in [2.75, 3.05) is 24.7 Å². The minimum atomic E-state index is 0.00952. The first-order valence-electron chi connectivity index (χ1n) is 8.15. The Bertz CT molecular complexity index is 1080. The molecule has 0 unspecified atom stereocenters. The summed E-state index contributed by atoms with van der Waals surface area (Å²) in [7, 11) is 1.56. The van der Waals surface area contributed by atoms with E-state index in [1.165, 1.54) is 4.68 Å². The van der Waals surface area contributed by atoms with E-state index in [1.807, 2.05) is 0 Å². The van der Waals surface area contributed by atoms with E-state index in [0.717, 1.165) is 6.21 Å². The maximum atomic E-state index is 8.30. The summed E-state index contributed by atoms with van der Waals surface area (Å²) < 4.78 is 6.40. The SMILES string of the molecule is COc1cnc2c(NCC(=N)[n+]3nc(C(=N)C=NN)ccc3N)ccnc2c1. The molecule has 0 atom stereocenters. The lowest BCUT2D eigenvalue weighted by atomic mass is 10.2. The molecule has 0 radical (unpaired) electrons. The number of hydrogen-bond acceptors (Lipinski definition) is 10. The molecule has 11 nitrogen and oxygen atoms in total. The summed E-state index contributed by atoms with van der Waals surface area (Å²) in [5.41, 5.74) is 8.24. The highest BCUT2D eigenvalue weighted by atomic mass is 16.5. The Kier molecular flexibility index (Phi) is 5.35. The van der Waals surface area contributed by atoms with Gasteiger partial charge in [-0.2, -0.15) is 10.5 Å². The fraction of sp³-hybridized carbons (Fsp3) is 0.118. The number of anilines is 2. The number of rotatable bonds is 6. The molecule has 0 aliphatic carbocycles. The normalized spacial score (nSPS) is 10.9. The van der Waals surface area contributed by atoms with Crippen LogP contribution in [0.4, 0.5) is 11.5 Å². The van der Waals surface area contributed by atoms with Crippen molar-refractivity contribution in [1.82, 2.24) is 15.1 Å². The molecule has 0 amide bonds. The van der Waals surface area contributed by atoms with E-state index in [0.29, 0.717) is 22.5 Å². The number of pyridine rings is 2. The van der Waals surface area contributed by atoms with Crippen LogP contribution in [0.1, 0.15) is 5.69 Å². The lowest BCUT2D eigenvalue weighted by Gasteiger charge is -2.10. The van der Waals surface area contributed by atoms with Gasteiger partial charge < -0.3 is 21.6 Å². The summed E-state index contributed by atoms with van der Waals surface area (Å²) >= 11 is 0. The van der Waals surface area contributed by atoms with Crippen LogP contribution in [0.2, 0.25) is 0 Å². The lowest BCUT2D eigenvalue weighted by Crippen LogP contribution is -2.52. The van der Waals surface area contributed by atoms with Crippen molar-refractivity contribution in [1.29, 1.82) is 10.8 Å². The number of nitrogens with two attached hydrogens (primary N) is 2. The number of ether oxygens (including phenoxy) is 1. The number of hydrogen-bond donors (Lipinski definition) is 5. The first kappa shape index (κ1) is 18.6. The molecule has 3 aromatic heterocycles. The molecule has 11 heteroatoms. The van der Waals surface area contributed by atoms with Crippen molar-refractivity contribution >= 4 is 40.3 Å². The second-order valence-corrected chi connectivity index (χ2v) is 5.65. The van der Waals surface area contributed by atoms with Crippen LogP contribution in [0.25, 0.3) is 11.0 Å². The van der Waals surface area contributed by atoms with Crippen LogP contribution in [-0.4, -0.2) is 46.5 Å². The van der Waals surface area contributed by atoms with Crippen LogP contribution in [0, 0.1) is 10.8 Å². The second kappa shape index (κ2) is 8.03. The topological polar surface area (TPSA) is 176 Å². The zero-order chi connectivity index (χ0) is 20.1. The third-order valence-corrected chi connectivity index (χ3v) is 3.83. The van der Waals surface area contributed by atoms with Gasteiger partial charge in [0.2, 0.25) is 5.82 Å². The predicted molar refractivity (Wildman–Crippen MR) is 106 cm³/mol. The molecule has 0 aliphatic heterocycles. The molecule has 0 bridgehead atoms. The molecule has 0 saturated heterocycles. The Hall–Kier alpha value is -4.15. The number of nitrogens with zero attached hydrogens (tertiary/aromatic N) is 5. The minimum Gasteiger partial charge on any atom is -0.495 e. The standard InChI is InChI=1S/C17H18N10O/c1-28-10-6-14-17(24-7-10)13(4-5-22-14)23-9-16(20)27-15(19)3-2-12(26-27)11(18)8-25-21/h2-8,19-20H,9H2,1H3,(H4,18,21,22,23)/p+1. The van der Waals surface area contributed by atoms with Gasteiger partial charge in [0.25, 0.3) is 5.84 Å². The van der Waals surface area contributed by atoms with Gasteiger partial charge in [-0.1, -0.05) is 0 Å². The molecular formula is C17H19N10O+. The van der Waals surface area contributed by atoms with E-state index < -0.39 is 0 Å². The second-order valence-electron chi connectivity index (χ2n) is 5.65. The molecule has 0 fully saturated rings. The predicted octanol–water partition coefficient (Wildman–Crippen LogP) is 0.153. The van der Waals surface area contributed by atoms with Gasteiger partial charge in [0.1, 0.15) is 29.2 Å². The Labute approximate surface area is 160 Å². The minimum absolute atomic E-state index is 0.00952. The van der Waals surface area contributed by atoms with Gasteiger partial charge in [0.05, 0.1) is 30.7 Å². The third-order valence-electron chi connectivity index (χ3n) is 3.83. The van der Waals surface area contributed by atoms with Crippen LogP contribution in [0.5, 0.6) is 5.75 Å². The molecule has 3 rings (SSSR count). The molecular weight excluding hydrogens is 360 g/mol. The number of aromatic nitrogens is 4. The van der Waals surface area contributed by atoms with Crippen molar-refractivity contribution in [2.45, 2.75) is 0 Å². The van der Waals surface area contributed by atoms with E-state index in [-0.39, 0.29) is 29.6 Å². The van der Waals surface area contributed by atoms with Gasteiger partial charge in [-0.25, -0.2) is 4.98 Å². The number of hydrazone groups is 1. The smallest absolute Gasteiger partial charge is 0.273 e. The molecule has 0 spiro atoms. The summed E-state index contributed by atoms with van der Waals surface area (Å²) in [6.07, 6.45) is 4.40. The molecule has 3 heterocycles. The van der Waals surface area contributed by atoms with Crippen LogP contribution in [0.15, 0.2) is 41.8 Å². The highest BCUT2D eigenvalue weighted by Gasteiger charge is 2.16. The van der Waals surface area contributed by atoms with E-state index in [9.17, 15) is 0 Å². The summed E-state index contributed by atoms with van der Waals surface area (Å²) in [4.78, 5) is 8.63. The number of fused-ring (bicyclic) bond motifs is 1. The van der Waals surface area contributed by atoms with Gasteiger partial charge in [-0.05, 0) is 12.1 Å². The number of methoxy groups -OCH3 is 1. The Balaban J connectivity index is 1.82. The first-order chi connectivity index (χ1) is 13.5. The average molecular weight is 379 g/mol. The lowest BCUT2D eigenvalue weighted by molar-refractivity contribution is -0.609. The van der Waals surface area contributed by atoms with Crippen LogP contribution in [-0.2, 0) is 0 Å². The van der Waals surface area contributed by atoms with E-state index in [2.05, 4.69) is 25.5 Å². The molecule has 7 N–H and O–H groups in total. The Morgan fingerprint density at radius 3 is 2.89 bits per heavy atom. The molecule has 0 saturated carbocycles. The van der Waals surface area contributed by atoms with Crippen molar-refractivity contribution in [2.24, 2.45) is 10.9 Å². The molecule has 28 heavy (non-hydrogen) atoms.